The normalized spacial score (nSPS) is 22.4. The molecule has 1 heterocycles. The number of ether oxygens (including phenoxy) is 1. The molecule has 2 aromatic rings. The molecule has 0 radical (unpaired) electrons. The van der Waals surface area contributed by atoms with Gasteiger partial charge in [0.2, 0.25) is 0 Å². The van der Waals surface area contributed by atoms with Crippen LogP contribution < -0.4 is 15.4 Å². The second-order valence-electron chi connectivity index (χ2n) is 9.22. The van der Waals surface area contributed by atoms with Gasteiger partial charge in [-0.2, -0.15) is 0 Å². The van der Waals surface area contributed by atoms with E-state index in [4.69, 9.17) is 4.74 Å². The highest BCUT2D eigenvalue weighted by Crippen LogP contribution is 2.40. The number of fused-ring (bicyclic) bond motifs is 1. The molecule has 0 amide bonds. The van der Waals surface area contributed by atoms with Gasteiger partial charge in [-0.05, 0) is 36.1 Å². The maximum absolute atomic E-state index is 13.8. The van der Waals surface area contributed by atoms with Crippen molar-refractivity contribution in [3.63, 3.8) is 0 Å². The summed E-state index contributed by atoms with van der Waals surface area (Å²) in [6.45, 7) is 8.95. The predicted octanol–water partition coefficient (Wildman–Crippen LogP) is 5.00. The first-order valence-corrected chi connectivity index (χ1v) is 13.4. The lowest BCUT2D eigenvalue weighted by molar-refractivity contribution is 0.294. The zero-order valence-corrected chi connectivity index (χ0v) is 20.9. The minimum absolute atomic E-state index is 0.107. The van der Waals surface area contributed by atoms with Gasteiger partial charge in [-0.25, -0.2) is 8.42 Å². The molecule has 32 heavy (non-hydrogen) atoms. The number of benzene rings is 2. The van der Waals surface area contributed by atoms with E-state index in [1.807, 2.05) is 30.3 Å². The van der Waals surface area contributed by atoms with Gasteiger partial charge in [-0.15, -0.1) is 0 Å². The summed E-state index contributed by atoms with van der Waals surface area (Å²) in [6.07, 6.45) is 3.60. The van der Waals surface area contributed by atoms with E-state index >= 15 is 0 Å². The number of unbranched alkanes of at least 4 members (excludes halogenated alkanes) is 1. The van der Waals surface area contributed by atoms with E-state index in [0.29, 0.717) is 17.2 Å². The average molecular weight is 459 g/mol. The van der Waals surface area contributed by atoms with E-state index in [1.165, 1.54) is 0 Å². The first-order chi connectivity index (χ1) is 15.2. The molecule has 0 saturated heterocycles. The largest absolute Gasteiger partial charge is 0.496 e. The summed E-state index contributed by atoms with van der Waals surface area (Å²) >= 11 is 0. The Kier molecular flexibility index (Phi) is 8.01. The average Bonchev–Trinajstić information content (AvgIpc) is 2.88. The van der Waals surface area contributed by atoms with Crippen LogP contribution in [0.5, 0.6) is 5.75 Å². The molecule has 0 bridgehead atoms. The first-order valence-electron chi connectivity index (χ1n) is 11.7. The number of rotatable bonds is 9. The molecule has 0 aliphatic carbocycles. The fraction of sp³-hybridized carbons (Fsp3) is 0.538. The SMILES string of the molecule is CCCC[C@]1(CC)CS(=O)(=O)c2cc(CNC(C)C)c(OC)cc2[C@@H](c2ccccc2)N1. The van der Waals surface area contributed by atoms with Crippen molar-refractivity contribution in [2.75, 3.05) is 12.9 Å². The predicted molar refractivity (Wildman–Crippen MR) is 131 cm³/mol. The Bertz CT molecular complexity index is 1010. The van der Waals surface area contributed by atoms with E-state index < -0.39 is 15.4 Å². The van der Waals surface area contributed by atoms with Crippen LogP contribution in [0.1, 0.15) is 76.1 Å². The van der Waals surface area contributed by atoms with Crippen LogP contribution >= 0.6 is 0 Å². The third-order valence-corrected chi connectivity index (χ3v) is 8.45. The lowest BCUT2D eigenvalue weighted by Crippen LogP contribution is -2.50. The minimum atomic E-state index is -3.50. The van der Waals surface area contributed by atoms with Gasteiger partial charge in [-0.3, -0.25) is 5.32 Å². The lowest BCUT2D eigenvalue weighted by Gasteiger charge is -2.36. The summed E-state index contributed by atoms with van der Waals surface area (Å²) in [4.78, 5) is 0.423. The van der Waals surface area contributed by atoms with Crippen LogP contribution in [0.25, 0.3) is 0 Å². The van der Waals surface area contributed by atoms with Gasteiger partial charge in [0.25, 0.3) is 0 Å². The summed E-state index contributed by atoms with van der Waals surface area (Å²) in [7, 11) is -1.85. The molecule has 2 atom stereocenters. The zero-order valence-electron chi connectivity index (χ0n) is 20.1. The van der Waals surface area contributed by atoms with Gasteiger partial charge < -0.3 is 10.1 Å². The Morgan fingerprint density at radius 3 is 2.50 bits per heavy atom. The number of hydrogen-bond donors (Lipinski definition) is 2. The second kappa shape index (κ2) is 10.4. The topological polar surface area (TPSA) is 67.4 Å². The number of hydrogen-bond acceptors (Lipinski definition) is 5. The van der Waals surface area contributed by atoms with Gasteiger partial charge in [0.05, 0.1) is 23.8 Å². The maximum atomic E-state index is 13.8. The van der Waals surface area contributed by atoms with E-state index in [9.17, 15) is 8.42 Å². The minimum Gasteiger partial charge on any atom is -0.496 e. The molecule has 1 aliphatic rings. The highest BCUT2D eigenvalue weighted by molar-refractivity contribution is 7.91. The molecule has 176 valence electrons. The molecule has 0 aromatic heterocycles. The van der Waals surface area contributed by atoms with Crippen molar-refractivity contribution in [1.82, 2.24) is 10.6 Å². The molecule has 3 rings (SSSR count). The fourth-order valence-electron chi connectivity index (χ4n) is 4.57. The van der Waals surface area contributed by atoms with Gasteiger partial charge in [-0.1, -0.05) is 70.9 Å². The quantitative estimate of drug-likeness (QED) is 0.554. The highest BCUT2D eigenvalue weighted by Gasteiger charge is 2.42. The Balaban J connectivity index is 2.22. The van der Waals surface area contributed by atoms with Crippen molar-refractivity contribution < 1.29 is 13.2 Å². The number of nitrogens with one attached hydrogen (secondary N) is 2. The van der Waals surface area contributed by atoms with Crippen molar-refractivity contribution in [3.05, 3.63) is 59.2 Å². The molecule has 6 heteroatoms. The number of methoxy groups -OCH3 is 1. The van der Waals surface area contributed by atoms with Crippen molar-refractivity contribution in [1.29, 1.82) is 0 Å². The van der Waals surface area contributed by atoms with Crippen LogP contribution in [-0.4, -0.2) is 32.9 Å². The maximum Gasteiger partial charge on any atom is 0.180 e. The van der Waals surface area contributed by atoms with Crippen LogP contribution in [0.15, 0.2) is 47.4 Å². The molecule has 0 saturated carbocycles. The van der Waals surface area contributed by atoms with E-state index in [1.54, 1.807) is 7.11 Å². The molecule has 0 unspecified atom stereocenters. The Labute approximate surface area is 193 Å². The van der Waals surface area contributed by atoms with Gasteiger partial charge >= 0.3 is 0 Å². The standard InChI is InChI=1S/C26H38N2O3S/c1-6-8-14-26(7-2)18-32(29,30)24-15-21(17-27-19(3)4)23(31-5)16-22(24)25(28-26)20-12-10-9-11-13-20/h9-13,15-16,19,25,27-28H,6-8,14,17-18H2,1-5H3/t25-,26-/m1/s1. The van der Waals surface area contributed by atoms with Crippen molar-refractivity contribution in [2.24, 2.45) is 0 Å². The Morgan fingerprint density at radius 1 is 1.19 bits per heavy atom. The third-order valence-electron chi connectivity index (χ3n) is 6.50. The first kappa shape index (κ1) is 24.7. The molecule has 0 fully saturated rings. The van der Waals surface area contributed by atoms with Crippen LogP contribution in [0.2, 0.25) is 0 Å². The van der Waals surface area contributed by atoms with Crippen LogP contribution in [-0.2, 0) is 16.4 Å². The van der Waals surface area contributed by atoms with Crippen LogP contribution in [0.4, 0.5) is 0 Å². The van der Waals surface area contributed by atoms with Crippen LogP contribution in [0.3, 0.4) is 0 Å². The third kappa shape index (κ3) is 5.36. The van der Waals surface area contributed by atoms with Crippen molar-refractivity contribution >= 4 is 9.84 Å². The second-order valence-corrected chi connectivity index (χ2v) is 11.2. The molecule has 1 aliphatic heterocycles. The summed E-state index contributed by atoms with van der Waals surface area (Å²) in [6, 6.07) is 14.0. The highest BCUT2D eigenvalue weighted by atomic mass is 32.2. The van der Waals surface area contributed by atoms with Gasteiger partial charge in [0.15, 0.2) is 9.84 Å². The monoisotopic (exact) mass is 458 g/mol. The summed E-state index contributed by atoms with van der Waals surface area (Å²) in [5, 5.41) is 7.21. The number of sulfone groups is 1. The Hall–Kier alpha value is -1.89. The van der Waals surface area contributed by atoms with E-state index in [2.05, 4.69) is 50.5 Å². The lowest BCUT2D eigenvalue weighted by atomic mass is 9.88. The summed E-state index contributed by atoms with van der Waals surface area (Å²) in [5.41, 5.74) is 2.23. The molecule has 2 N–H and O–H groups in total. The Morgan fingerprint density at radius 2 is 1.91 bits per heavy atom. The molecule has 2 aromatic carbocycles. The summed E-state index contributed by atoms with van der Waals surface area (Å²) < 4.78 is 33.3. The van der Waals surface area contributed by atoms with E-state index in [0.717, 1.165) is 42.4 Å². The fourth-order valence-corrected chi connectivity index (χ4v) is 6.74. The molecule has 5 nitrogen and oxygen atoms in total. The molecule has 0 spiro atoms. The van der Waals surface area contributed by atoms with Gasteiger partial charge in [0, 0.05) is 23.7 Å². The summed E-state index contributed by atoms with van der Waals surface area (Å²) in [5.74, 6) is 0.823. The van der Waals surface area contributed by atoms with Gasteiger partial charge in [0.1, 0.15) is 5.75 Å². The smallest absolute Gasteiger partial charge is 0.180 e. The molecular weight excluding hydrogens is 420 g/mol. The van der Waals surface area contributed by atoms with Crippen molar-refractivity contribution in [2.45, 2.75) is 82.4 Å². The zero-order chi connectivity index (χ0) is 23.4. The molecular formula is C26H38N2O3S. The van der Waals surface area contributed by atoms with Crippen LogP contribution in [0, 0.1) is 0 Å². The van der Waals surface area contributed by atoms with E-state index in [-0.39, 0.29) is 17.8 Å². The van der Waals surface area contributed by atoms with Crippen molar-refractivity contribution in [3.8, 4) is 5.75 Å².